The van der Waals surface area contributed by atoms with Crippen LogP contribution in [0, 0.1) is 34.0 Å². The molecule has 9 heteroatoms. The number of nitrogens with zero attached hydrogens (tertiary/aromatic N) is 6. The molecule has 6 heterocycles. The van der Waals surface area contributed by atoms with Gasteiger partial charge >= 0.3 is 0 Å². The van der Waals surface area contributed by atoms with Crippen LogP contribution in [-0.2, 0) is 19.6 Å². The van der Waals surface area contributed by atoms with Crippen molar-refractivity contribution in [1.29, 1.82) is 15.8 Å². The van der Waals surface area contributed by atoms with Gasteiger partial charge in [0.25, 0.3) is 0 Å². The van der Waals surface area contributed by atoms with E-state index in [-0.39, 0.29) is 0 Å². The predicted molar refractivity (Wildman–Crippen MR) is 501 cm³/mol. The highest BCUT2D eigenvalue weighted by Gasteiger charge is 2.28. The molecular weight excluding hydrogens is 1440 g/mol. The van der Waals surface area contributed by atoms with E-state index in [0.29, 0.717) is 16.7 Å². The van der Waals surface area contributed by atoms with Crippen LogP contribution in [0.1, 0.15) is 293 Å². The molecule has 7 aromatic carbocycles. The number of benzene rings is 7. The molecule has 0 aliphatic carbocycles. The summed E-state index contributed by atoms with van der Waals surface area (Å²) in [7, 11) is 0. The summed E-state index contributed by atoms with van der Waals surface area (Å²) in [6, 6.07) is 65.8. The molecule has 0 atom stereocenters. The Kier molecular flexibility index (Phi) is 30.8. The largest absolute Gasteiger partial charge is 0.340 e. The van der Waals surface area contributed by atoms with Gasteiger partial charge in [0.2, 0.25) is 0 Å². The Balaban J connectivity index is 0.987. The second-order valence-electron chi connectivity index (χ2n) is 31.4. The number of hydrogen-bond acceptors (Lipinski definition) is 6. The second-order valence-corrected chi connectivity index (χ2v) is 34.9. The van der Waals surface area contributed by atoms with Gasteiger partial charge in [-0.2, -0.15) is 15.8 Å². The minimum atomic E-state index is 0.671. The number of hydrogen-bond donors (Lipinski definition) is 0. The van der Waals surface area contributed by atoms with Crippen LogP contribution in [0.25, 0.3) is 138 Å². The van der Waals surface area contributed by atoms with Gasteiger partial charge in [-0.3, -0.25) is 0 Å². The Morgan fingerprint density at radius 2 is 0.439 bits per heavy atom. The maximum Gasteiger partial charge on any atom is 0.0991 e. The van der Waals surface area contributed by atoms with Crippen molar-refractivity contribution in [3.05, 3.63) is 243 Å². The smallest absolute Gasteiger partial charge is 0.0991 e. The summed E-state index contributed by atoms with van der Waals surface area (Å²) < 4.78 is 8.44. The van der Waals surface area contributed by atoms with Crippen molar-refractivity contribution in [2.75, 3.05) is 0 Å². The Labute approximate surface area is 691 Å². The van der Waals surface area contributed by atoms with E-state index in [1.807, 2.05) is 72.8 Å². The SMILES string of the molecule is CCCCCCCCCCCCn1c2ccc(/C=C/c3ccc(/C=C/c4ccc(C#N)cc4)s3)cc2c2c1c1c3cc(/C=C/c4ccc(/C=C/c5ccc(C#N)cc5)s4)ccc3n(CCCCCCCCCCCC)c1c1c3cc(/C=C/c4ccc(/C=C/c5ccc(C#N)cc5)s4)ccc3n(CCCCCCCCCCCC)c21. The summed E-state index contributed by atoms with van der Waals surface area (Å²) in [5, 5.41) is 36.4. The van der Waals surface area contributed by atoms with Crippen molar-refractivity contribution < 1.29 is 0 Å². The average molecular weight is 1560 g/mol. The fourth-order valence-corrected chi connectivity index (χ4v) is 19.1. The van der Waals surface area contributed by atoms with Gasteiger partial charge < -0.3 is 13.7 Å². The summed E-state index contributed by atoms with van der Waals surface area (Å²) >= 11 is 5.40. The van der Waals surface area contributed by atoms with E-state index in [1.54, 1.807) is 34.0 Å². The molecule has 0 amide bonds. The van der Waals surface area contributed by atoms with Gasteiger partial charge in [0.05, 0.1) is 51.4 Å². The van der Waals surface area contributed by atoms with Crippen molar-refractivity contribution in [2.45, 2.75) is 233 Å². The van der Waals surface area contributed by atoms with Crippen molar-refractivity contribution in [2.24, 2.45) is 0 Å². The molecule has 0 unspecified atom stereocenters. The number of aromatic nitrogens is 3. The lowest BCUT2D eigenvalue weighted by Gasteiger charge is -2.13. The van der Waals surface area contributed by atoms with Crippen LogP contribution in [-0.4, -0.2) is 13.7 Å². The number of aryl methyl sites for hydroxylation is 3. The highest BCUT2D eigenvalue weighted by molar-refractivity contribution is 7.14. The van der Waals surface area contributed by atoms with Crippen LogP contribution in [0.4, 0.5) is 0 Å². The monoisotopic (exact) mass is 1550 g/mol. The summed E-state index contributed by atoms with van der Waals surface area (Å²) in [5.74, 6) is 0. The molecule has 114 heavy (non-hydrogen) atoms. The van der Waals surface area contributed by atoms with Gasteiger partial charge in [0.15, 0.2) is 0 Å². The molecule has 0 N–H and O–H groups in total. The number of fused-ring (bicyclic) bond motifs is 12. The number of unbranched alkanes of at least 4 members (excludes halogenated alkanes) is 27. The van der Waals surface area contributed by atoms with Crippen molar-refractivity contribution >= 4 is 172 Å². The van der Waals surface area contributed by atoms with Crippen LogP contribution >= 0.6 is 34.0 Å². The van der Waals surface area contributed by atoms with Crippen LogP contribution in [0.3, 0.4) is 0 Å². The Bertz CT molecular complexity index is 5040. The molecule has 0 saturated heterocycles. The minimum absolute atomic E-state index is 0.671. The molecule has 0 aliphatic heterocycles. The van der Waals surface area contributed by atoms with Crippen LogP contribution in [0.2, 0.25) is 0 Å². The number of thiophene rings is 3. The zero-order valence-electron chi connectivity index (χ0n) is 67.8. The Morgan fingerprint density at radius 3 is 0.658 bits per heavy atom. The van der Waals surface area contributed by atoms with Crippen molar-refractivity contribution in [3.8, 4) is 18.2 Å². The molecule has 0 aliphatic rings. The summed E-state index contributed by atoms with van der Waals surface area (Å²) in [6.07, 6.45) is 65.6. The molecule has 0 fully saturated rings. The van der Waals surface area contributed by atoms with Gasteiger partial charge in [0, 0.05) is 97.8 Å². The van der Waals surface area contributed by atoms with Crippen LogP contribution in [0.5, 0.6) is 0 Å². The molecule has 6 nitrogen and oxygen atoms in total. The van der Waals surface area contributed by atoms with Crippen LogP contribution in [0.15, 0.2) is 164 Å². The van der Waals surface area contributed by atoms with Gasteiger partial charge in [-0.1, -0.05) is 285 Å². The average Bonchev–Trinajstić information content (AvgIpc) is 1.51. The molecule has 582 valence electrons. The van der Waals surface area contributed by atoms with E-state index in [1.165, 1.54) is 285 Å². The molecule has 0 saturated carbocycles. The summed E-state index contributed by atoms with van der Waals surface area (Å²) in [6.45, 7) is 9.77. The van der Waals surface area contributed by atoms with E-state index in [9.17, 15) is 15.8 Å². The van der Waals surface area contributed by atoms with E-state index >= 15 is 0 Å². The lowest BCUT2D eigenvalue weighted by atomic mass is 10.00. The Hall–Kier alpha value is -10.1. The molecule has 0 radical (unpaired) electrons. The normalized spacial score (nSPS) is 12.2. The standard InChI is InChI=1S/C105H114N6S3/c1-4-7-10-13-16-19-22-25-28-31-70-109-97-67-52-82(49-58-91-64-61-88(112-91)55-46-79-34-40-85(76-106)41-35-79)73-94(97)100-103(109)101-95-74-83(50-59-92-65-62-89(113-92)56-47-80-36-42-86(77-107)43-37-80)53-68-98(95)110(71-32-29-26-23-20-17-14-11-8-5-2)105(101)102-96-75-84(51-60-93-66-63-90(114-93)57-48-81-38-44-87(78-108)45-39-81)54-69-99(96)111(104(100)102)72-33-30-27-24-21-18-15-12-9-6-3/h34-69,73-75H,4-33,70-72H2,1-3H3/b55-46+,56-47+,57-48+,58-49+,59-50+,60-51+. The highest BCUT2D eigenvalue weighted by Crippen LogP contribution is 2.50. The Morgan fingerprint density at radius 1 is 0.237 bits per heavy atom. The fourth-order valence-electron chi connectivity index (χ4n) is 16.6. The van der Waals surface area contributed by atoms with E-state index in [2.05, 4.69) is 217 Å². The van der Waals surface area contributed by atoms with Crippen LogP contribution < -0.4 is 0 Å². The first-order valence-electron chi connectivity index (χ1n) is 43.2. The third-order valence-corrected chi connectivity index (χ3v) is 25.9. The molecule has 0 spiro atoms. The number of nitriles is 3. The maximum absolute atomic E-state index is 9.44. The van der Waals surface area contributed by atoms with E-state index in [0.717, 1.165) is 55.6 Å². The predicted octanol–water partition coefficient (Wildman–Crippen LogP) is 32.6. The zero-order valence-corrected chi connectivity index (χ0v) is 70.2. The molecule has 6 aromatic heterocycles. The summed E-state index contributed by atoms with van der Waals surface area (Å²) in [5.41, 5.74) is 16.9. The second kappa shape index (κ2) is 42.9. The van der Waals surface area contributed by atoms with E-state index < -0.39 is 0 Å². The third kappa shape index (κ3) is 21.9. The molecule has 13 aromatic rings. The number of rotatable bonds is 45. The highest BCUT2D eigenvalue weighted by atomic mass is 32.1. The van der Waals surface area contributed by atoms with Crippen molar-refractivity contribution in [1.82, 2.24) is 13.7 Å². The topological polar surface area (TPSA) is 86.2 Å². The molecule has 13 rings (SSSR count). The van der Waals surface area contributed by atoms with Gasteiger partial charge in [-0.25, -0.2) is 0 Å². The zero-order chi connectivity index (χ0) is 78.5. The van der Waals surface area contributed by atoms with Gasteiger partial charge in [-0.15, -0.1) is 34.0 Å². The lowest BCUT2D eigenvalue weighted by Crippen LogP contribution is -2.02. The first-order valence-corrected chi connectivity index (χ1v) is 45.6. The quantitative estimate of drug-likeness (QED) is 0.0356. The first-order chi connectivity index (χ1) is 56.3. The van der Waals surface area contributed by atoms with E-state index in [4.69, 9.17) is 0 Å². The van der Waals surface area contributed by atoms with Crippen molar-refractivity contribution in [3.63, 3.8) is 0 Å². The first kappa shape index (κ1) is 81.9. The molecule has 0 bridgehead atoms. The lowest BCUT2D eigenvalue weighted by molar-refractivity contribution is 0.541. The maximum atomic E-state index is 9.44. The molecular formula is C105H114N6S3. The van der Waals surface area contributed by atoms with Gasteiger partial charge in [-0.05, 0) is 198 Å². The third-order valence-electron chi connectivity index (χ3n) is 22.9. The minimum Gasteiger partial charge on any atom is -0.340 e. The van der Waals surface area contributed by atoms with Gasteiger partial charge in [0.1, 0.15) is 0 Å². The summed E-state index contributed by atoms with van der Waals surface area (Å²) in [4.78, 5) is 7.17. The fraction of sp³-hybridized carbons (Fsp3) is 0.343.